The first-order valence-electron chi connectivity index (χ1n) is 11.6. The van der Waals surface area contributed by atoms with Crippen LogP contribution in [0, 0.1) is 20.8 Å². The van der Waals surface area contributed by atoms with Crippen LogP contribution in [0.25, 0.3) is 49.3 Å². The fraction of sp³-hybridized carbons (Fsp3) is 0.167. The highest BCUT2D eigenvalue weighted by Crippen LogP contribution is 2.43. The van der Waals surface area contributed by atoms with E-state index >= 15 is 0 Å². The molecule has 6 aromatic rings. The summed E-state index contributed by atoms with van der Waals surface area (Å²) in [5.41, 5.74) is 7.04. The fourth-order valence-corrected chi connectivity index (χ4v) is 5.18. The lowest BCUT2D eigenvalue weighted by atomic mass is 9.95. The number of aryl methyl sites for hydroxylation is 3. The van der Waals surface area contributed by atoms with Crippen LogP contribution in [0.2, 0.25) is 0 Å². The zero-order valence-corrected chi connectivity index (χ0v) is 20.4. The van der Waals surface area contributed by atoms with E-state index in [-0.39, 0.29) is 0 Å². The maximum Gasteiger partial charge on any atom is 0.361 e. The molecule has 0 saturated carbocycles. The molecule has 0 aliphatic rings. The van der Waals surface area contributed by atoms with Crippen LogP contribution in [-0.2, 0) is 0 Å². The van der Waals surface area contributed by atoms with Gasteiger partial charge in [-0.3, -0.25) is 0 Å². The van der Waals surface area contributed by atoms with E-state index in [1.165, 1.54) is 11.1 Å². The third-order valence-corrected chi connectivity index (χ3v) is 7.08. The van der Waals surface area contributed by atoms with Crippen LogP contribution >= 0.6 is 0 Å². The highest BCUT2D eigenvalue weighted by molar-refractivity contribution is 6.22. The number of aromatic nitrogens is 1. The molecular formula is C30H25NO4. The van der Waals surface area contributed by atoms with Gasteiger partial charge >= 0.3 is 5.63 Å². The second-order valence-electron chi connectivity index (χ2n) is 9.07. The number of nitrogens with zero attached hydrogens (tertiary/aromatic N) is 1. The van der Waals surface area contributed by atoms with Crippen molar-refractivity contribution in [2.45, 2.75) is 20.8 Å². The second-order valence-corrected chi connectivity index (χ2v) is 9.07. The van der Waals surface area contributed by atoms with E-state index in [0.29, 0.717) is 16.8 Å². The van der Waals surface area contributed by atoms with Gasteiger partial charge in [0.2, 0.25) is 0 Å². The smallest absolute Gasteiger partial charge is 0.361 e. The van der Waals surface area contributed by atoms with Gasteiger partial charge in [-0.05, 0) is 72.7 Å². The average Bonchev–Trinajstić information content (AvgIpc) is 3.21. The number of ether oxygens (including phenoxy) is 2. The van der Waals surface area contributed by atoms with E-state index in [2.05, 4.69) is 44.2 Å². The molecule has 5 nitrogen and oxygen atoms in total. The Morgan fingerprint density at radius 1 is 0.771 bits per heavy atom. The maximum atomic E-state index is 13.5. The van der Waals surface area contributed by atoms with E-state index in [1.54, 1.807) is 14.2 Å². The number of benzene rings is 3. The van der Waals surface area contributed by atoms with Gasteiger partial charge in [0.05, 0.1) is 19.7 Å². The van der Waals surface area contributed by atoms with Gasteiger partial charge in [0.1, 0.15) is 11.3 Å². The SMILES string of the molecule is COc1cc2ccn3c(c(-c4ccc(C)c(C)c4)c4c5cccc(OC)c5oc(=O)c43)c2cc1C. The molecular weight excluding hydrogens is 438 g/mol. The molecule has 0 unspecified atom stereocenters. The Morgan fingerprint density at radius 3 is 2.31 bits per heavy atom. The van der Waals surface area contributed by atoms with Crippen molar-refractivity contribution in [1.82, 2.24) is 4.40 Å². The Balaban J connectivity index is 1.94. The number of hydrogen-bond acceptors (Lipinski definition) is 4. The van der Waals surface area contributed by atoms with Gasteiger partial charge in [0.15, 0.2) is 11.3 Å². The first-order chi connectivity index (χ1) is 16.9. The summed E-state index contributed by atoms with van der Waals surface area (Å²) in [4.78, 5) is 13.5. The number of pyridine rings is 1. The van der Waals surface area contributed by atoms with Crippen molar-refractivity contribution in [2.24, 2.45) is 0 Å². The normalized spacial score (nSPS) is 11.7. The molecule has 0 atom stereocenters. The molecule has 0 aliphatic carbocycles. The summed E-state index contributed by atoms with van der Waals surface area (Å²) in [5.74, 6) is 1.37. The Morgan fingerprint density at radius 2 is 1.57 bits per heavy atom. The largest absolute Gasteiger partial charge is 0.496 e. The standard InChI is InChI=1S/C30H25NO4/c1-16-9-10-20(13-17(16)2)25-26-21-7-6-8-23(33-4)29(21)35-30(32)28(26)31-12-11-19-15-24(34-5)18(3)14-22(19)27(25)31/h6-15H,1-5H3. The molecule has 3 aromatic carbocycles. The van der Waals surface area contributed by atoms with E-state index in [0.717, 1.165) is 49.5 Å². The first kappa shape index (κ1) is 21.3. The van der Waals surface area contributed by atoms with E-state index in [1.807, 2.05) is 41.8 Å². The van der Waals surface area contributed by atoms with Gasteiger partial charge in [0.25, 0.3) is 0 Å². The average molecular weight is 464 g/mol. The lowest BCUT2D eigenvalue weighted by Crippen LogP contribution is -2.03. The zero-order chi connectivity index (χ0) is 24.4. The maximum absolute atomic E-state index is 13.5. The van der Waals surface area contributed by atoms with Crippen LogP contribution in [0.5, 0.6) is 11.5 Å². The highest BCUT2D eigenvalue weighted by Gasteiger charge is 2.23. The minimum Gasteiger partial charge on any atom is -0.496 e. The molecule has 174 valence electrons. The molecule has 0 saturated heterocycles. The van der Waals surface area contributed by atoms with Crippen molar-refractivity contribution in [1.29, 1.82) is 0 Å². The molecule has 35 heavy (non-hydrogen) atoms. The molecule has 6 rings (SSSR count). The van der Waals surface area contributed by atoms with Gasteiger partial charge in [-0.1, -0.05) is 30.3 Å². The van der Waals surface area contributed by atoms with Crippen LogP contribution in [0.3, 0.4) is 0 Å². The third-order valence-electron chi connectivity index (χ3n) is 7.08. The quantitative estimate of drug-likeness (QED) is 0.266. The number of hydrogen-bond donors (Lipinski definition) is 0. The van der Waals surface area contributed by atoms with Crippen molar-refractivity contribution in [3.63, 3.8) is 0 Å². The molecule has 0 bridgehead atoms. The number of rotatable bonds is 3. The van der Waals surface area contributed by atoms with Crippen LogP contribution in [0.15, 0.2) is 70.0 Å². The van der Waals surface area contributed by atoms with Gasteiger partial charge < -0.3 is 18.3 Å². The van der Waals surface area contributed by atoms with Crippen molar-refractivity contribution in [2.75, 3.05) is 14.2 Å². The van der Waals surface area contributed by atoms with Gasteiger partial charge in [0, 0.05) is 27.9 Å². The summed E-state index contributed by atoms with van der Waals surface area (Å²) in [5, 5.41) is 3.79. The third kappa shape index (κ3) is 2.98. The minimum absolute atomic E-state index is 0.397. The van der Waals surface area contributed by atoms with Gasteiger partial charge in [-0.25, -0.2) is 4.79 Å². The van der Waals surface area contributed by atoms with E-state index in [4.69, 9.17) is 13.9 Å². The van der Waals surface area contributed by atoms with Crippen molar-refractivity contribution >= 4 is 38.2 Å². The van der Waals surface area contributed by atoms with Gasteiger partial charge in [-0.15, -0.1) is 0 Å². The summed E-state index contributed by atoms with van der Waals surface area (Å²) >= 11 is 0. The lowest BCUT2D eigenvalue weighted by Gasteiger charge is -2.11. The molecule has 0 spiro atoms. The fourth-order valence-electron chi connectivity index (χ4n) is 5.18. The summed E-state index contributed by atoms with van der Waals surface area (Å²) in [7, 11) is 3.27. The first-order valence-corrected chi connectivity index (χ1v) is 11.6. The van der Waals surface area contributed by atoms with Crippen molar-refractivity contribution in [3.8, 4) is 22.6 Å². The summed E-state index contributed by atoms with van der Waals surface area (Å²) in [6.07, 6.45) is 1.95. The van der Waals surface area contributed by atoms with Crippen molar-refractivity contribution < 1.29 is 13.9 Å². The van der Waals surface area contributed by atoms with E-state index < -0.39 is 5.63 Å². The predicted octanol–water partition coefficient (Wildman–Crippen LogP) is 6.96. The highest BCUT2D eigenvalue weighted by atomic mass is 16.5. The van der Waals surface area contributed by atoms with Gasteiger partial charge in [-0.2, -0.15) is 0 Å². The molecule has 0 fully saturated rings. The minimum atomic E-state index is -0.397. The monoisotopic (exact) mass is 463 g/mol. The molecule has 0 N–H and O–H groups in total. The molecule has 0 aliphatic heterocycles. The predicted molar refractivity (Wildman–Crippen MR) is 141 cm³/mol. The molecule has 3 aromatic heterocycles. The number of fused-ring (bicyclic) bond motifs is 7. The molecule has 5 heteroatoms. The lowest BCUT2D eigenvalue weighted by molar-refractivity contribution is 0.407. The van der Waals surface area contributed by atoms with Crippen LogP contribution in [0.4, 0.5) is 0 Å². The molecule has 0 amide bonds. The topological polar surface area (TPSA) is 53.1 Å². The summed E-state index contributed by atoms with van der Waals surface area (Å²) in [6, 6.07) is 18.4. The van der Waals surface area contributed by atoms with Crippen molar-refractivity contribution in [3.05, 3.63) is 87.9 Å². The van der Waals surface area contributed by atoms with Crippen LogP contribution in [0.1, 0.15) is 16.7 Å². The molecule has 3 heterocycles. The summed E-state index contributed by atoms with van der Waals surface area (Å²) < 4.78 is 18.9. The number of methoxy groups -OCH3 is 2. The van der Waals surface area contributed by atoms with Crippen LogP contribution < -0.4 is 15.1 Å². The zero-order valence-electron chi connectivity index (χ0n) is 20.4. The van der Waals surface area contributed by atoms with Crippen LogP contribution in [-0.4, -0.2) is 18.6 Å². The second kappa shape index (κ2) is 7.64. The Kier molecular flexibility index (Phi) is 4.65. The summed E-state index contributed by atoms with van der Waals surface area (Å²) in [6.45, 7) is 6.26. The molecule has 0 radical (unpaired) electrons. The Hall–Kier alpha value is -4.25. The Bertz CT molecular complexity index is 1870. The number of para-hydroxylation sites is 1. The Labute approximate surface area is 202 Å². The van der Waals surface area contributed by atoms with E-state index in [9.17, 15) is 4.79 Å².